The number of amides is 1. The van der Waals surface area contributed by atoms with E-state index in [4.69, 9.17) is 0 Å². The molecule has 6 nitrogen and oxygen atoms in total. The lowest BCUT2D eigenvalue weighted by Crippen LogP contribution is -2.36. The minimum absolute atomic E-state index is 0.0765. The number of fused-ring (bicyclic) bond motifs is 2. The van der Waals surface area contributed by atoms with Crippen LogP contribution in [0.4, 0.5) is 5.69 Å². The van der Waals surface area contributed by atoms with Gasteiger partial charge in [-0.2, -0.15) is 0 Å². The molecule has 28 heavy (non-hydrogen) atoms. The highest BCUT2D eigenvalue weighted by molar-refractivity contribution is 7.99. The quantitative estimate of drug-likeness (QED) is 0.578. The van der Waals surface area contributed by atoms with Gasteiger partial charge < -0.3 is 10.3 Å². The van der Waals surface area contributed by atoms with Crippen LogP contribution in [0.5, 0.6) is 0 Å². The molecule has 7 heteroatoms. The van der Waals surface area contributed by atoms with Gasteiger partial charge in [0.25, 0.3) is 5.56 Å². The Kier molecular flexibility index (Phi) is 5.82. The van der Waals surface area contributed by atoms with Gasteiger partial charge >= 0.3 is 0 Å². The van der Waals surface area contributed by atoms with Crippen LogP contribution in [0.3, 0.4) is 0 Å². The van der Waals surface area contributed by atoms with Crippen LogP contribution in [0.1, 0.15) is 42.1 Å². The van der Waals surface area contributed by atoms with Crippen molar-refractivity contribution in [2.45, 2.75) is 50.7 Å². The van der Waals surface area contributed by atoms with E-state index < -0.39 is 0 Å². The second-order valence-electron chi connectivity index (χ2n) is 7.50. The molecule has 0 unspecified atom stereocenters. The summed E-state index contributed by atoms with van der Waals surface area (Å²) in [6.45, 7) is 4.74. The minimum atomic E-state index is -0.0857. The van der Waals surface area contributed by atoms with Crippen LogP contribution < -0.4 is 10.9 Å². The molecule has 2 aliphatic rings. The molecule has 4 rings (SSSR count). The van der Waals surface area contributed by atoms with Crippen molar-refractivity contribution in [3.8, 4) is 0 Å². The Bertz CT molecular complexity index is 940. The van der Waals surface area contributed by atoms with E-state index in [-0.39, 0.29) is 17.2 Å². The number of aryl methyl sites for hydroxylation is 2. The topological polar surface area (TPSA) is 78.1 Å². The number of H-pyrrole nitrogens is 1. The van der Waals surface area contributed by atoms with Crippen molar-refractivity contribution in [3.05, 3.63) is 50.9 Å². The summed E-state index contributed by atoms with van der Waals surface area (Å²) in [4.78, 5) is 34.5. The summed E-state index contributed by atoms with van der Waals surface area (Å²) in [5.74, 6) is 0.137. The summed E-state index contributed by atoms with van der Waals surface area (Å²) < 4.78 is 0. The van der Waals surface area contributed by atoms with Gasteiger partial charge in [-0.3, -0.25) is 14.5 Å². The number of hydrogen-bond acceptors (Lipinski definition) is 5. The number of nitrogens with one attached hydrogen (secondary N) is 2. The molecule has 1 aliphatic carbocycles. The predicted octanol–water partition coefficient (Wildman–Crippen LogP) is 2.76. The first-order valence-corrected chi connectivity index (χ1v) is 11.0. The third kappa shape index (κ3) is 4.31. The number of benzene rings is 1. The second kappa shape index (κ2) is 8.49. The molecule has 0 bridgehead atoms. The van der Waals surface area contributed by atoms with Gasteiger partial charge in [-0.1, -0.05) is 24.8 Å². The molecular weight excluding hydrogens is 372 g/mol. The molecule has 1 aliphatic heterocycles. The summed E-state index contributed by atoms with van der Waals surface area (Å²) in [6.07, 6.45) is 5.27. The average molecular weight is 399 g/mol. The first kappa shape index (κ1) is 19.2. The van der Waals surface area contributed by atoms with Gasteiger partial charge in [0, 0.05) is 25.2 Å². The Labute approximate surface area is 169 Å². The highest BCUT2D eigenvalue weighted by Crippen LogP contribution is 2.25. The Hall–Kier alpha value is -2.12. The number of carbonyl (C=O) groups excluding carboxylic acids is 1. The Morgan fingerprint density at radius 3 is 3.00 bits per heavy atom. The lowest BCUT2D eigenvalue weighted by atomic mass is 10.1. The van der Waals surface area contributed by atoms with Gasteiger partial charge in [0.15, 0.2) is 5.16 Å². The first-order valence-electron chi connectivity index (χ1n) is 10.0. The van der Waals surface area contributed by atoms with E-state index >= 15 is 0 Å². The molecule has 2 heterocycles. The van der Waals surface area contributed by atoms with Gasteiger partial charge in [0.05, 0.1) is 17.0 Å². The molecule has 148 valence electrons. The van der Waals surface area contributed by atoms with E-state index in [2.05, 4.69) is 39.2 Å². The summed E-state index contributed by atoms with van der Waals surface area (Å²) in [6, 6.07) is 6.15. The monoisotopic (exact) mass is 398 g/mol. The van der Waals surface area contributed by atoms with Crippen LogP contribution in [0, 0.1) is 0 Å². The fraction of sp³-hybridized carbons (Fsp3) is 0.476. The highest BCUT2D eigenvalue weighted by Gasteiger charge is 2.21. The molecule has 1 amide bonds. The van der Waals surface area contributed by atoms with Crippen LogP contribution in [0.2, 0.25) is 0 Å². The number of nitrogens with zero attached hydrogens (tertiary/aromatic N) is 2. The van der Waals surface area contributed by atoms with Crippen LogP contribution in [-0.4, -0.2) is 39.6 Å². The molecular formula is C21H26N4O2S. The average Bonchev–Trinajstić information content (AvgIpc) is 3.15. The number of thioether (sulfide) groups is 1. The molecule has 2 N–H and O–H groups in total. The van der Waals surface area contributed by atoms with E-state index in [0.717, 1.165) is 55.7 Å². The Balaban J connectivity index is 1.36. The van der Waals surface area contributed by atoms with Crippen molar-refractivity contribution in [2.75, 3.05) is 24.2 Å². The van der Waals surface area contributed by atoms with Crippen molar-refractivity contribution in [1.82, 2.24) is 14.9 Å². The van der Waals surface area contributed by atoms with E-state index in [1.54, 1.807) is 0 Å². The summed E-state index contributed by atoms with van der Waals surface area (Å²) in [5, 5.41) is 3.48. The smallest absolute Gasteiger partial charge is 0.256 e. The largest absolute Gasteiger partial charge is 0.325 e. The first-order chi connectivity index (χ1) is 13.6. The zero-order valence-corrected chi connectivity index (χ0v) is 17.0. The zero-order chi connectivity index (χ0) is 19.5. The molecule has 0 atom stereocenters. The number of anilines is 1. The summed E-state index contributed by atoms with van der Waals surface area (Å²) >= 11 is 1.28. The third-order valence-corrected chi connectivity index (χ3v) is 6.26. The predicted molar refractivity (Wildman–Crippen MR) is 112 cm³/mol. The van der Waals surface area contributed by atoms with Gasteiger partial charge in [-0.15, -0.1) is 0 Å². The molecule has 0 spiro atoms. The van der Waals surface area contributed by atoms with Crippen LogP contribution in [-0.2, 0) is 30.6 Å². The molecule has 2 aromatic rings. The lowest BCUT2D eigenvalue weighted by molar-refractivity contribution is -0.113. The maximum absolute atomic E-state index is 12.4. The molecule has 0 saturated carbocycles. The maximum Gasteiger partial charge on any atom is 0.256 e. The second-order valence-corrected chi connectivity index (χ2v) is 8.46. The lowest BCUT2D eigenvalue weighted by Gasteiger charge is -2.27. The number of carbonyl (C=O) groups is 1. The van der Waals surface area contributed by atoms with Crippen molar-refractivity contribution in [1.29, 1.82) is 0 Å². The van der Waals surface area contributed by atoms with Crippen molar-refractivity contribution < 1.29 is 4.79 Å². The highest BCUT2D eigenvalue weighted by atomic mass is 32.2. The van der Waals surface area contributed by atoms with Crippen molar-refractivity contribution in [2.24, 2.45) is 0 Å². The number of hydrogen-bond donors (Lipinski definition) is 2. The van der Waals surface area contributed by atoms with E-state index in [0.29, 0.717) is 11.7 Å². The van der Waals surface area contributed by atoms with Gasteiger partial charge in [0.1, 0.15) is 0 Å². The fourth-order valence-electron chi connectivity index (χ4n) is 4.01. The molecule has 1 aromatic heterocycles. The number of aromatic nitrogens is 2. The van der Waals surface area contributed by atoms with Gasteiger partial charge in [0.2, 0.25) is 5.91 Å². The Morgan fingerprint density at radius 2 is 2.14 bits per heavy atom. The Morgan fingerprint density at radius 1 is 1.29 bits per heavy atom. The third-order valence-electron chi connectivity index (χ3n) is 5.39. The maximum atomic E-state index is 12.4. The molecule has 0 fully saturated rings. The standard InChI is InChI=1S/C21H26N4O2S/c1-2-9-25-10-8-18-17(12-25)20(27)24-21(23-18)28-13-19(26)22-16-7-6-14-4-3-5-15(14)11-16/h6-7,11H,2-5,8-10,12-13H2,1H3,(H,22,26)(H,23,24,27). The van der Waals surface area contributed by atoms with Crippen LogP contribution in [0.25, 0.3) is 0 Å². The van der Waals surface area contributed by atoms with Gasteiger partial charge in [-0.05, 0) is 55.5 Å². The van der Waals surface area contributed by atoms with Gasteiger partial charge in [-0.25, -0.2) is 4.98 Å². The zero-order valence-electron chi connectivity index (χ0n) is 16.2. The van der Waals surface area contributed by atoms with E-state index in [1.165, 1.54) is 29.3 Å². The van der Waals surface area contributed by atoms with E-state index in [9.17, 15) is 9.59 Å². The summed E-state index contributed by atoms with van der Waals surface area (Å²) in [5.41, 5.74) is 5.13. The minimum Gasteiger partial charge on any atom is -0.325 e. The van der Waals surface area contributed by atoms with Crippen molar-refractivity contribution in [3.63, 3.8) is 0 Å². The van der Waals surface area contributed by atoms with Crippen molar-refractivity contribution >= 4 is 23.4 Å². The summed E-state index contributed by atoms with van der Waals surface area (Å²) in [7, 11) is 0. The number of rotatable bonds is 6. The molecule has 0 saturated heterocycles. The fourth-order valence-corrected chi connectivity index (χ4v) is 4.69. The van der Waals surface area contributed by atoms with Crippen LogP contribution >= 0.6 is 11.8 Å². The SMILES string of the molecule is CCCN1CCc2nc(SCC(=O)Nc3ccc4c(c3)CCC4)[nH]c(=O)c2C1. The molecule has 0 radical (unpaired) electrons. The molecule has 1 aromatic carbocycles. The van der Waals surface area contributed by atoms with Crippen LogP contribution in [0.15, 0.2) is 28.2 Å². The number of aromatic amines is 1. The van der Waals surface area contributed by atoms with E-state index in [1.807, 2.05) is 6.07 Å². The normalized spacial score (nSPS) is 15.9.